The van der Waals surface area contributed by atoms with Crippen LogP contribution in [0.25, 0.3) is 16.8 Å². The summed E-state index contributed by atoms with van der Waals surface area (Å²) in [4.78, 5) is 25.2. The quantitative estimate of drug-likeness (QED) is 0.270. The van der Waals surface area contributed by atoms with Crippen LogP contribution in [-0.4, -0.2) is 55.7 Å². The summed E-state index contributed by atoms with van der Waals surface area (Å²) in [6.45, 7) is 2.76. The lowest BCUT2D eigenvalue weighted by Gasteiger charge is -2.14. The van der Waals surface area contributed by atoms with Crippen molar-refractivity contribution in [3.05, 3.63) is 59.4 Å². The Morgan fingerprint density at radius 1 is 1.11 bits per heavy atom. The lowest BCUT2D eigenvalue weighted by atomic mass is 10.0. The Labute approximate surface area is 208 Å². The number of halogens is 1. The van der Waals surface area contributed by atoms with Crippen LogP contribution in [0.3, 0.4) is 0 Å². The van der Waals surface area contributed by atoms with Crippen LogP contribution >= 0.6 is 11.6 Å². The zero-order valence-corrected chi connectivity index (χ0v) is 20.5. The first-order valence-corrected chi connectivity index (χ1v) is 11.4. The summed E-state index contributed by atoms with van der Waals surface area (Å²) in [5.41, 5.74) is 2.19. The molecular formula is C25H28ClN3O6. The van der Waals surface area contributed by atoms with Gasteiger partial charge in [0.1, 0.15) is 5.15 Å². The highest BCUT2D eigenvalue weighted by Gasteiger charge is 2.24. The number of para-hydroxylation sites is 1. The van der Waals surface area contributed by atoms with Crippen molar-refractivity contribution in [2.24, 2.45) is 0 Å². The standard InChI is InChI=1S/C25H28ClN3O6/c1-4-35-24(31)22-19(28-25(32)27-13-6-14-33-2)15-21(26)29(22)17-11-9-16(10-12-17)18-7-5-8-20(34-3)23(18)30/h5,7-12,15,30H,4,6,13-14H2,1-3H3,(H2,27,28,32). The van der Waals surface area contributed by atoms with Crippen molar-refractivity contribution in [2.75, 3.05) is 39.3 Å². The molecule has 1 aromatic heterocycles. The van der Waals surface area contributed by atoms with Gasteiger partial charge in [0.15, 0.2) is 17.2 Å². The Morgan fingerprint density at radius 2 is 1.86 bits per heavy atom. The van der Waals surface area contributed by atoms with E-state index in [1.54, 1.807) is 56.5 Å². The number of esters is 1. The fraction of sp³-hybridized carbons (Fsp3) is 0.280. The van der Waals surface area contributed by atoms with E-state index in [0.717, 1.165) is 5.56 Å². The molecule has 2 amide bonds. The molecule has 0 spiro atoms. The van der Waals surface area contributed by atoms with E-state index in [1.807, 2.05) is 0 Å². The number of benzene rings is 2. The van der Waals surface area contributed by atoms with E-state index < -0.39 is 12.0 Å². The van der Waals surface area contributed by atoms with Crippen molar-refractivity contribution in [2.45, 2.75) is 13.3 Å². The molecule has 0 aliphatic heterocycles. The summed E-state index contributed by atoms with van der Waals surface area (Å²) >= 11 is 6.49. The van der Waals surface area contributed by atoms with Crippen molar-refractivity contribution in [1.29, 1.82) is 0 Å². The van der Waals surface area contributed by atoms with Crippen LogP contribution < -0.4 is 15.4 Å². The Morgan fingerprint density at radius 3 is 2.51 bits per heavy atom. The van der Waals surface area contributed by atoms with Crippen LogP contribution in [0.5, 0.6) is 11.5 Å². The second kappa shape index (κ2) is 12.1. The Bertz CT molecular complexity index is 1180. The number of aromatic hydroxyl groups is 1. The molecule has 9 nitrogen and oxygen atoms in total. The van der Waals surface area contributed by atoms with Gasteiger partial charge in [0, 0.05) is 37.6 Å². The number of urea groups is 1. The molecule has 35 heavy (non-hydrogen) atoms. The molecule has 10 heteroatoms. The van der Waals surface area contributed by atoms with Crippen molar-refractivity contribution >= 4 is 29.3 Å². The number of methoxy groups -OCH3 is 2. The van der Waals surface area contributed by atoms with Crippen LogP contribution in [0.2, 0.25) is 5.15 Å². The van der Waals surface area contributed by atoms with Gasteiger partial charge in [0.05, 0.1) is 19.4 Å². The number of hydrogen-bond donors (Lipinski definition) is 3. The number of hydrogen-bond acceptors (Lipinski definition) is 6. The summed E-state index contributed by atoms with van der Waals surface area (Å²) in [5.74, 6) is -0.249. The molecule has 2 aromatic carbocycles. The molecule has 0 aliphatic rings. The maximum atomic E-state index is 12.8. The first-order valence-electron chi connectivity index (χ1n) is 11.0. The fourth-order valence-corrected chi connectivity index (χ4v) is 3.81. The van der Waals surface area contributed by atoms with Gasteiger partial charge >= 0.3 is 12.0 Å². The summed E-state index contributed by atoms with van der Waals surface area (Å²) in [6, 6.07) is 13.3. The maximum Gasteiger partial charge on any atom is 0.357 e. The fourth-order valence-electron chi connectivity index (χ4n) is 3.52. The van der Waals surface area contributed by atoms with Crippen LogP contribution in [0.15, 0.2) is 48.5 Å². The number of phenolic OH excluding ortho intramolecular Hbond substituents is 1. The van der Waals surface area contributed by atoms with Gasteiger partial charge in [-0.25, -0.2) is 9.59 Å². The maximum absolute atomic E-state index is 12.8. The molecule has 186 valence electrons. The van der Waals surface area contributed by atoms with Gasteiger partial charge in [0.2, 0.25) is 0 Å². The van der Waals surface area contributed by atoms with E-state index in [0.29, 0.717) is 36.6 Å². The molecule has 3 rings (SSSR count). The van der Waals surface area contributed by atoms with Crippen molar-refractivity contribution < 1.29 is 28.9 Å². The number of nitrogens with one attached hydrogen (secondary N) is 2. The van der Waals surface area contributed by atoms with E-state index in [9.17, 15) is 14.7 Å². The van der Waals surface area contributed by atoms with Crippen LogP contribution in [-0.2, 0) is 9.47 Å². The molecule has 0 bridgehead atoms. The monoisotopic (exact) mass is 501 g/mol. The van der Waals surface area contributed by atoms with Crippen LogP contribution in [0.4, 0.5) is 10.5 Å². The summed E-state index contributed by atoms with van der Waals surface area (Å²) in [6.07, 6.45) is 0.644. The highest BCUT2D eigenvalue weighted by Crippen LogP contribution is 2.37. The van der Waals surface area contributed by atoms with Gasteiger partial charge in [-0.3, -0.25) is 4.57 Å². The molecule has 0 saturated heterocycles. The van der Waals surface area contributed by atoms with Crippen molar-refractivity contribution in [3.8, 4) is 28.3 Å². The van der Waals surface area contributed by atoms with Gasteiger partial charge in [-0.2, -0.15) is 0 Å². The van der Waals surface area contributed by atoms with Crippen LogP contribution in [0, 0.1) is 0 Å². The Kier molecular flexibility index (Phi) is 8.99. The normalized spacial score (nSPS) is 10.6. The number of carbonyl (C=O) groups excluding carboxylic acids is 2. The predicted molar refractivity (Wildman–Crippen MR) is 134 cm³/mol. The summed E-state index contributed by atoms with van der Waals surface area (Å²) in [5, 5.41) is 16.0. The number of anilines is 1. The third kappa shape index (κ3) is 6.06. The SMILES string of the molecule is CCOC(=O)c1c(NC(=O)NCCCOC)cc(Cl)n1-c1ccc(-c2cccc(OC)c2O)cc1. The number of phenols is 1. The highest BCUT2D eigenvalue weighted by molar-refractivity contribution is 6.31. The molecule has 3 aromatic rings. The largest absolute Gasteiger partial charge is 0.504 e. The number of carbonyl (C=O) groups is 2. The van der Waals surface area contributed by atoms with Gasteiger partial charge in [-0.15, -0.1) is 0 Å². The van der Waals surface area contributed by atoms with Gasteiger partial charge in [0.25, 0.3) is 0 Å². The average molecular weight is 502 g/mol. The molecule has 1 heterocycles. The molecular weight excluding hydrogens is 474 g/mol. The minimum atomic E-state index is -0.636. The number of nitrogens with zero attached hydrogens (tertiary/aromatic N) is 1. The van der Waals surface area contributed by atoms with Crippen molar-refractivity contribution in [1.82, 2.24) is 9.88 Å². The summed E-state index contributed by atoms with van der Waals surface area (Å²) < 4.78 is 16.9. The third-order valence-electron chi connectivity index (χ3n) is 5.14. The zero-order chi connectivity index (χ0) is 25.4. The first-order chi connectivity index (χ1) is 16.9. The van der Waals surface area contributed by atoms with E-state index in [1.165, 1.54) is 17.7 Å². The molecule has 0 unspecified atom stereocenters. The zero-order valence-electron chi connectivity index (χ0n) is 19.8. The van der Waals surface area contributed by atoms with Gasteiger partial charge in [-0.05, 0) is 37.1 Å². The lowest BCUT2D eigenvalue weighted by Crippen LogP contribution is -2.30. The molecule has 0 radical (unpaired) electrons. The molecule has 0 atom stereocenters. The van der Waals surface area contributed by atoms with E-state index in [-0.39, 0.29) is 28.9 Å². The van der Waals surface area contributed by atoms with E-state index in [4.69, 9.17) is 25.8 Å². The second-order valence-electron chi connectivity index (χ2n) is 7.42. The molecule has 0 aliphatic carbocycles. The highest BCUT2D eigenvalue weighted by atomic mass is 35.5. The Hall–Kier alpha value is -3.69. The number of ether oxygens (including phenoxy) is 3. The molecule has 0 saturated carbocycles. The van der Waals surface area contributed by atoms with Crippen LogP contribution in [0.1, 0.15) is 23.8 Å². The smallest absolute Gasteiger partial charge is 0.357 e. The number of rotatable bonds is 10. The molecule has 3 N–H and O–H groups in total. The van der Waals surface area contributed by atoms with Crippen molar-refractivity contribution in [3.63, 3.8) is 0 Å². The minimum absolute atomic E-state index is 0.0250. The predicted octanol–water partition coefficient (Wildman–Crippen LogP) is 4.85. The first kappa shape index (κ1) is 25.9. The van der Waals surface area contributed by atoms with E-state index >= 15 is 0 Å². The lowest BCUT2D eigenvalue weighted by molar-refractivity contribution is 0.0518. The minimum Gasteiger partial charge on any atom is -0.504 e. The summed E-state index contributed by atoms with van der Waals surface area (Å²) in [7, 11) is 3.07. The second-order valence-corrected chi connectivity index (χ2v) is 7.80. The number of amides is 2. The number of aromatic nitrogens is 1. The molecule has 0 fully saturated rings. The van der Waals surface area contributed by atoms with E-state index in [2.05, 4.69) is 10.6 Å². The van der Waals surface area contributed by atoms with Gasteiger partial charge in [-0.1, -0.05) is 35.9 Å². The Balaban J connectivity index is 1.94. The van der Waals surface area contributed by atoms with Gasteiger partial charge < -0.3 is 30.0 Å². The average Bonchev–Trinajstić information content (AvgIpc) is 3.17. The topological polar surface area (TPSA) is 111 Å². The third-order valence-corrected chi connectivity index (χ3v) is 5.42.